The number of anilines is 1. The Morgan fingerprint density at radius 1 is 1.00 bits per heavy atom. The number of benzene rings is 2. The molecular weight excluding hydrogens is 228 g/mol. The molecule has 88 valence electrons. The number of nitrogens with two attached hydrogens (primary N) is 2. The van der Waals surface area contributed by atoms with E-state index in [0.717, 1.165) is 22.6 Å². The van der Waals surface area contributed by atoms with Crippen LogP contribution in [0.15, 0.2) is 53.4 Å². The predicted octanol–water partition coefficient (Wildman–Crippen LogP) is 3.02. The van der Waals surface area contributed by atoms with E-state index >= 15 is 0 Å². The van der Waals surface area contributed by atoms with Crippen LogP contribution in [0.25, 0.3) is 0 Å². The second-order valence-corrected chi connectivity index (χ2v) is 4.89. The summed E-state index contributed by atoms with van der Waals surface area (Å²) in [6.45, 7) is 0.538. The van der Waals surface area contributed by atoms with Crippen molar-refractivity contribution < 1.29 is 0 Å². The van der Waals surface area contributed by atoms with Gasteiger partial charge in [0.2, 0.25) is 0 Å². The van der Waals surface area contributed by atoms with E-state index in [1.807, 2.05) is 30.3 Å². The fourth-order valence-corrected chi connectivity index (χ4v) is 2.52. The summed E-state index contributed by atoms with van der Waals surface area (Å²) in [7, 11) is 0. The molecule has 0 radical (unpaired) electrons. The summed E-state index contributed by atoms with van der Waals surface area (Å²) < 4.78 is 0. The van der Waals surface area contributed by atoms with Gasteiger partial charge in [0, 0.05) is 22.9 Å². The first-order chi connectivity index (χ1) is 8.29. The molecule has 0 amide bonds. The Balaban J connectivity index is 2.04. The van der Waals surface area contributed by atoms with Gasteiger partial charge in [-0.1, -0.05) is 30.3 Å². The normalized spacial score (nSPS) is 10.4. The third-order valence-corrected chi connectivity index (χ3v) is 3.64. The molecule has 2 nitrogen and oxygen atoms in total. The summed E-state index contributed by atoms with van der Waals surface area (Å²) in [5.41, 5.74) is 14.6. The lowest BCUT2D eigenvalue weighted by Crippen LogP contribution is -1.99. The van der Waals surface area contributed by atoms with E-state index in [1.165, 1.54) is 4.90 Å². The SMILES string of the molecule is NCc1ccc(CSc2ccccc2)c(N)c1. The van der Waals surface area contributed by atoms with Gasteiger partial charge in [0.15, 0.2) is 0 Å². The first-order valence-electron chi connectivity index (χ1n) is 5.55. The monoisotopic (exact) mass is 244 g/mol. The number of hydrogen-bond acceptors (Lipinski definition) is 3. The number of hydrogen-bond donors (Lipinski definition) is 2. The van der Waals surface area contributed by atoms with E-state index in [-0.39, 0.29) is 0 Å². The molecule has 0 atom stereocenters. The molecule has 0 aliphatic heterocycles. The summed E-state index contributed by atoms with van der Waals surface area (Å²) in [6.07, 6.45) is 0. The molecule has 2 rings (SSSR count). The van der Waals surface area contributed by atoms with Crippen LogP contribution in [0.2, 0.25) is 0 Å². The zero-order valence-electron chi connectivity index (χ0n) is 9.60. The van der Waals surface area contributed by atoms with Gasteiger partial charge in [-0.05, 0) is 29.3 Å². The Morgan fingerprint density at radius 2 is 1.76 bits per heavy atom. The van der Waals surface area contributed by atoms with Gasteiger partial charge in [-0.25, -0.2) is 0 Å². The molecule has 3 heteroatoms. The van der Waals surface area contributed by atoms with Crippen LogP contribution in [0, 0.1) is 0 Å². The van der Waals surface area contributed by atoms with Crippen molar-refractivity contribution in [3.63, 3.8) is 0 Å². The molecule has 0 saturated heterocycles. The highest BCUT2D eigenvalue weighted by Gasteiger charge is 2.01. The third-order valence-electron chi connectivity index (χ3n) is 2.58. The van der Waals surface area contributed by atoms with Crippen LogP contribution >= 0.6 is 11.8 Å². The summed E-state index contributed by atoms with van der Waals surface area (Å²) in [5.74, 6) is 0.890. The molecule has 0 spiro atoms. The average molecular weight is 244 g/mol. The summed E-state index contributed by atoms with van der Waals surface area (Å²) >= 11 is 1.79. The quantitative estimate of drug-likeness (QED) is 0.642. The van der Waals surface area contributed by atoms with Crippen molar-refractivity contribution in [2.45, 2.75) is 17.2 Å². The highest BCUT2D eigenvalue weighted by Crippen LogP contribution is 2.25. The molecule has 2 aromatic rings. The molecule has 0 aliphatic rings. The molecule has 17 heavy (non-hydrogen) atoms. The van der Waals surface area contributed by atoms with E-state index in [2.05, 4.69) is 18.2 Å². The zero-order valence-corrected chi connectivity index (χ0v) is 10.4. The van der Waals surface area contributed by atoms with Crippen molar-refractivity contribution in [3.05, 3.63) is 59.7 Å². The lowest BCUT2D eigenvalue weighted by molar-refractivity contribution is 1.07. The van der Waals surface area contributed by atoms with Gasteiger partial charge in [-0.15, -0.1) is 11.8 Å². The van der Waals surface area contributed by atoms with Crippen molar-refractivity contribution in [2.75, 3.05) is 5.73 Å². The molecule has 0 fully saturated rings. The van der Waals surface area contributed by atoms with Crippen molar-refractivity contribution in [3.8, 4) is 0 Å². The van der Waals surface area contributed by atoms with E-state index < -0.39 is 0 Å². The van der Waals surface area contributed by atoms with Crippen LogP contribution in [0.4, 0.5) is 5.69 Å². The molecule has 4 N–H and O–H groups in total. The highest BCUT2D eigenvalue weighted by atomic mass is 32.2. The molecular formula is C14H16N2S. The van der Waals surface area contributed by atoms with Gasteiger partial charge in [0.05, 0.1) is 0 Å². The Bertz CT molecular complexity index is 483. The van der Waals surface area contributed by atoms with Crippen molar-refractivity contribution in [1.82, 2.24) is 0 Å². The highest BCUT2D eigenvalue weighted by molar-refractivity contribution is 7.98. The maximum absolute atomic E-state index is 5.99. The molecule has 2 aromatic carbocycles. The minimum absolute atomic E-state index is 0.538. The zero-order chi connectivity index (χ0) is 12.1. The Kier molecular flexibility index (Phi) is 4.07. The van der Waals surface area contributed by atoms with Crippen LogP contribution in [-0.4, -0.2) is 0 Å². The van der Waals surface area contributed by atoms with Crippen LogP contribution < -0.4 is 11.5 Å². The summed E-state index contributed by atoms with van der Waals surface area (Å²) in [4.78, 5) is 1.26. The van der Waals surface area contributed by atoms with E-state index in [0.29, 0.717) is 6.54 Å². The van der Waals surface area contributed by atoms with Crippen molar-refractivity contribution in [1.29, 1.82) is 0 Å². The van der Waals surface area contributed by atoms with Gasteiger partial charge >= 0.3 is 0 Å². The maximum atomic E-state index is 5.99. The molecule has 0 unspecified atom stereocenters. The topological polar surface area (TPSA) is 52.0 Å². The van der Waals surface area contributed by atoms with Gasteiger partial charge in [-0.3, -0.25) is 0 Å². The van der Waals surface area contributed by atoms with Crippen LogP contribution in [0.1, 0.15) is 11.1 Å². The molecule has 0 aromatic heterocycles. The fraction of sp³-hybridized carbons (Fsp3) is 0.143. The standard InChI is InChI=1S/C14H16N2S/c15-9-11-6-7-12(14(16)8-11)10-17-13-4-2-1-3-5-13/h1-8H,9-10,15-16H2. The first-order valence-corrected chi connectivity index (χ1v) is 6.53. The summed E-state index contributed by atoms with van der Waals surface area (Å²) in [6, 6.07) is 16.4. The minimum Gasteiger partial charge on any atom is -0.398 e. The average Bonchev–Trinajstić information content (AvgIpc) is 2.38. The molecule has 0 bridgehead atoms. The minimum atomic E-state index is 0.538. The van der Waals surface area contributed by atoms with E-state index in [1.54, 1.807) is 11.8 Å². The van der Waals surface area contributed by atoms with Gasteiger partial charge < -0.3 is 11.5 Å². The number of thioether (sulfide) groups is 1. The smallest absolute Gasteiger partial charge is 0.0358 e. The second kappa shape index (κ2) is 5.75. The fourth-order valence-electron chi connectivity index (χ4n) is 1.58. The van der Waals surface area contributed by atoms with Crippen molar-refractivity contribution >= 4 is 17.4 Å². The Morgan fingerprint density at radius 3 is 2.41 bits per heavy atom. The van der Waals surface area contributed by atoms with Crippen molar-refractivity contribution in [2.24, 2.45) is 5.73 Å². The van der Waals surface area contributed by atoms with Crippen LogP contribution in [0.5, 0.6) is 0 Å². The maximum Gasteiger partial charge on any atom is 0.0358 e. The lowest BCUT2D eigenvalue weighted by atomic mass is 10.1. The Hall–Kier alpha value is -1.45. The van der Waals surface area contributed by atoms with E-state index in [9.17, 15) is 0 Å². The molecule has 0 saturated carbocycles. The van der Waals surface area contributed by atoms with Gasteiger partial charge in [0.25, 0.3) is 0 Å². The Labute approximate surface area is 106 Å². The van der Waals surface area contributed by atoms with E-state index in [4.69, 9.17) is 11.5 Å². The predicted molar refractivity (Wildman–Crippen MR) is 74.7 cm³/mol. The lowest BCUT2D eigenvalue weighted by Gasteiger charge is -2.07. The van der Waals surface area contributed by atoms with Gasteiger partial charge in [0.1, 0.15) is 0 Å². The molecule has 0 aliphatic carbocycles. The number of nitrogen functional groups attached to an aromatic ring is 1. The van der Waals surface area contributed by atoms with Gasteiger partial charge in [-0.2, -0.15) is 0 Å². The first kappa shape index (κ1) is 12.0. The second-order valence-electron chi connectivity index (χ2n) is 3.84. The third kappa shape index (κ3) is 3.25. The largest absolute Gasteiger partial charge is 0.398 e. The molecule has 0 heterocycles. The summed E-state index contributed by atoms with van der Waals surface area (Å²) in [5, 5.41) is 0. The van der Waals surface area contributed by atoms with Crippen LogP contribution in [0.3, 0.4) is 0 Å². The van der Waals surface area contributed by atoms with Crippen LogP contribution in [-0.2, 0) is 12.3 Å². The number of rotatable bonds is 4.